The van der Waals surface area contributed by atoms with E-state index in [0.717, 1.165) is 17.0 Å². The van der Waals surface area contributed by atoms with Crippen LogP contribution in [0.3, 0.4) is 0 Å². The van der Waals surface area contributed by atoms with Crippen LogP contribution in [0, 0.1) is 18.7 Å². The van der Waals surface area contributed by atoms with Gasteiger partial charge < -0.3 is 21.1 Å². The van der Waals surface area contributed by atoms with Crippen molar-refractivity contribution >= 4 is 40.9 Å². The molecule has 2 aromatic rings. The zero-order chi connectivity index (χ0) is 26.5. The van der Waals surface area contributed by atoms with Gasteiger partial charge in [-0.25, -0.2) is 9.37 Å². The molecule has 1 aromatic carbocycles. The average molecular weight is 519 g/mol. The molecule has 0 fully saturated rings. The number of anilines is 2. The summed E-state index contributed by atoms with van der Waals surface area (Å²) in [6, 6.07) is 3.58. The Morgan fingerprint density at radius 2 is 1.89 bits per heavy atom. The minimum absolute atomic E-state index is 0.00991. The number of carbonyl (C=O) groups excluding carboxylic acids is 2. The Bertz CT molecular complexity index is 1110. The van der Waals surface area contributed by atoms with Crippen molar-refractivity contribution in [3.63, 3.8) is 0 Å². The molecule has 13 heteroatoms. The molecule has 35 heavy (non-hydrogen) atoms. The summed E-state index contributed by atoms with van der Waals surface area (Å²) in [7, 11) is 1.31. The van der Waals surface area contributed by atoms with Crippen molar-refractivity contribution in [1.82, 2.24) is 4.98 Å². The number of benzene rings is 1. The monoisotopic (exact) mass is 518 g/mol. The first-order valence-electron chi connectivity index (χ1n) is 10.2. The summed E-state index contributed by atoms with van der Waals surface area (Å²) in [5, 5.41) is 11.9. The van der Waals surface area contributed by atoms with Crippen LogP contribution in [0.15, 0.2) is 30.3 Å². The molecular formula is C22H23ClF4N4O4. The number of halogens is 5. The molecule has 190 valence electrons. The van der Waals surface area contributed by atoms with Gasteiger partial charge in [0.25, 0.3) is 0 Å². The Kier molecular flexibility index (Phi) is 9.02. The number of nitrogens with two attached hydrogens (primary N) is 1. The summed E-state index contributed by atoms with van der Waals surface area (Å²) in [6.07, 6.45) is -5.56. The van der Waals surface area contributed by atoms with Gasteiger partial charge in [-0.1, -0.05) is 11.6 Å². The highest BCUT2D eigenvalue weighted by Crippen LogP contribution is 2.31. The van der Waals surface area contributed by atoms with E-state index < -0.39 is 53.7 Å². The van der Waals surface area contributed by atoms with E-state index in [-0.39, 0.29) is 35.1 Å². The standard InChI is InChI=1S/C22H23ClF4N4O4/c1-11-7-13(22(25,26)27)9-19(29-11)30-17(8-12(21(34)35)3-6-18(28)32)20(33)31(2)14-4-5-16(24)15(23)10-14/h4-5,7,9-10,12,17H,3,6,8H2,1-2H3,(H2,28,32)(H,29,30)(H,34,35)/t12?,17-/m0/s1. The lowest BCUT2D eigenvalue weighted by molar-refractivity contribution is -0.142. The van der Waals surface area contributed by atoms with Gasteiger partial charge in [0, 0.05) is 24.8 Å². The van der Waals surface area contributed by atoms with E-state index in [2.05, 4.69) is 10.3 Å². The molecule has 0 aliphatic rings. The fraction of sp³-hybridized carbons (Fsp3) is 0.364. The Morgan fingerprint density at radius 1 is 1.23 bits per heavy atom. The minimum Gasteiger partial charge on any atom is -0.481 e. The molecule has 0 spiro atoms. The zero-order valence-electron chi connectivity index (χ0n) is 18.7. The van der Waals surface area contributed by atoms with Crippen LogP contribution in [0.2, 0.25) is 5.02 Å². The molecule has 2 amide bonds. The predicted octanol–water partition coefficient (Wildman–Crippen LogP) is 4.00. The zero-order valence-corrected chi connectivity index (χ0v) is 19.5. The molecule has 4 N–H and O–H groups in total. The first-order valence-corrected chi connectivity index (χ1v) is 10.6. The normalized spacial score (nSPS) is 13.1. The molecule has 1 unspecified atom stereocenters. The van der Waals surface area contributed by atoms with Crippen LogP contribution in [0.4, 0.5) is 29.1 Å². The molecular weight excluding hydrogens is 496 g/mol. The summed E-state index contributed by atoms with van der Waals surface area (Å²) < 4.78 is 53.3. The van der Waals surface area contributed by atoms with Gasteiger partial charge in [0.1, 0.15) is 17.7 Å². The number of aliphatic carboxylic acids is 1. The highest BCUT2D eigenvalue weighted by atomic mass is 35.5. The number of hydrogen-bond donors (Lipinski definition) is 3. The minimum atomic E-state index is -4.68. The van der Waals surface area contributed by atoms with E-state index in [4.69, 9.17) is 17.3 Å². The maximum atomic E-state index is 13.5. The van der Waals surface area contributed by atoms with Gasteiger partial charge in [-0.2, -0.15) is 13.2 Å². The Labute approximate surface area is 203 Å². The molecule has 0 aliphatic heterocycles. The van der Waals surface area contributed by atoms with E-state index >= 15 is 0 Å². The van der Waals surface area contributed by atoms with Gasteiger partial charge in [0.15, 0.2) is 0 Å². The lowest BCUT2D eigenvalue weighted by Gasteiger charge is -2.27. The Morgan fingerprint density at radius 3 is 2.43 bits per heavy atom. The molecule has 1 heterocycles. The first-order chi connectivity index (χ1) is 16.2. The number of likely N-dealkylation sites (N-methyl/N-ethyl adjacent to an activating group) is 1. The number of aromatic nitrogens is 1. The maximum Gasteiger partial charge on any atom is 0.416 e. The topological polar surface area (TPSA) is 126 Å². The predicted molar refractivity (Wildman–Crippen MR) is 120 cm³/mol. The van der Waals surface area contributed by atoms with Crippen LogP contribution in [-0.4, -0.2) is 41.0 Å². The number of aryl methyl sites for hydroxylation is 1. The molecule has 2 rings (SSSR count). The second-order valence-corrected chi connectivity index (χ2v) is 8.26. The summed E-state index contributed by atoms with van der Waals surface area (Å²) in [4.78, 5) is 41.2. The molecule has 0 radical (unpaired) electrons. The molecule has 0 saturated heterocycles. The van der Waals surface area contributed by atoms with Crippen molar-refractivity contribution in [2.75, 3.05) is 17.3 Å². The molecule has 0 saturated carbocycles. The van der Waals surface area contributed by atoms with Crippen molar-refractivity contribution in [3.8, 4) is 0 Å². The van der Waals surface area contributed by atoms with Crippen molar-refractivity contribution in [2.45, 2.75) is 38.4 Å². The number of primary amides is 1. The number of alkyl halides is 3. The number of nitrogens with zero attached hydrogens (tertiary/aromatic N) is 2. The second-order valence-electron chi connectivity index (χ2n) is 7.85. The largest absolute Gasteiger partial charge is 0.481 e. The first kappa shape index (κ1) is 27.8. The number of carbonyl (C=O) groups is 3. The van der Waals surface area contributed by atoms with Crippen LogP contribution in [0.1, 0.15) is 30.5 Å². The SMILES string of the molecule is Cc1cc(C(F)(F)F)cc(N[C@@H](CC(CCC(N)=O)C(=O)O)C(=O)N(C)c2ccc(F)c(Cl)c2)n1. The van der Waals surface area contributed by atoms with Crippen LogP contribution in [0.5, 0.6) is 0 Å². The number of pyridine rings is 1. The van der Waals surface area contributed by atoms with Crippen molar-refractivity contribution in [1.29, 1.82) is 0 Å². The van der Waals surface area contributed by atoms with Gasteiger partial charge in [0.05, 0.1) is 16.5 Å². The third kappa shape index (κ3) is 7.81. The van der Waals surface area contributed by atoms with E-state index in [1.807, 2.05) is 0 Å². The lowest BCUT2D eigenvalue weighted by Crippen LogP contribution is -2.43. The summed E-state index contributed by atoms with van der Waals surface area (Å²) in [5.41, 5.74) is 4.25. The lowest BCUT2D eigenvalue weighted by atomic mass is 9.94. The average Bonchev–Trinajstić information content (AvgIpc) is 2.75. The van der Waals surface area contributed by atoms with Crippen LogP contribution < -0.4 is 16.0 Å². The highest BCUT2D eigenvalue weighted by molar-refractivity contribution is 6.31. The number of hydrogen-bond acceptors (Lipinski definition) is 5. The fourth-order valence-electron chi connectivity index (χ4n) is 3.30. The third-order valence-corrected chi connectivity index (χ3v) is 5.42. The molecule has 2 atom stereocenters. The van der Waals surface area contributed by atoms with Crippen LogP contribution in [-0.2, 0) is 20.6 Å². The number of rotatable bonds is 10. The van der Waals surface area contributed by atoms with Crippen molar-refractivity contribution in [2.24, 2.45) is 11.7 Å². The third-order valence-electron chi connectivity index (χ3n) is 5.13. The second kappa shape index (κ2) is 11.3. The number of carboxylic acid groups (broad SMARTS) is 1. The number of carboxylic acids is 1. The fourth-order valence-corrected chi connectivity index (χ4v) is 3.48. The summed E-state index contributed by atoms with van der Waals surface area (Å²) >= 11 is 5.78. The molecule has 0 bridgehead atoms. The van der Waals surface area contributed by atoms with Gasteiger partial charge in [-0.15, -0.1) is 0 Å². The summed E-state index contributed by atoms with van der Waals surface area (Å²) in [5.74, 6) is -5.10. The highest BCUT2D eigenvalue weighted by Gasteiger charge is 2.33. The van der Waals surface area contributed by atoms with Crippen molar-refractivity contribution in [3.05, 3.63) is 52.4 Å². The van der Waals surface area contributed by atoms with Gasteiger partial charge >= 0.3 is 12.1 Å². The quantitative estimate of drug-likeness (QED) is 0.408. The summed E-state index contributed by atoms with van der Waals surface area (Å²) in [6.45, 7) is 1.33. The van der Waals surface area contributed by atoms with E-state index in [9.17, 15) is 37.1 Å². The smallest absolute Gasteiger partial charge is 0.416 e. The van der Waals surface area contributed by atoms with E-state index in [1.54, 1.807) is 0 Å². The van der Waals surface area contributed by atoms with E-state index in [0.29, 0.717) is 6.07 Å². The maximum absolute atomic E-state index is 13.5. The number of nitrogens with one attached hydrogen (secondary N) is 1. The van der Waals surface area contributed by atoms with Crippen LogP contribution in [0.25, 0.3) is 0 Å². The molecule has 0 aliphatic carbocycles. The van der Waals surface area contributed by atoms with Gasteiger partial charge in [0.2, 0.25) is 11.8 Å². The molecule has 8 nitrogen and oxygen atoms in total. The Hall–Kier alpha value is -3.41. The van der Waals surface area contributed by atoms with Gasteiger partial charge in [-0.05, 0) is 50.1 Å². The van der Waals surface area contributed by atoms with Crippen molar-refractivity contribution < 1.29 is 37.1 Å². The van der Waals surface area contributed by atoms with Gasteiger partial charge in [-0.3, -0.25) is 14.4 Å². The molecule has 1 aromatic heterocycles. The van der Waals surface area contributed by atoms with E-state index in [1.165, 1.54) is 26.1 Å². The van der Waals surface area contributed by atoms with Crippen LogP contribution >= 0.6 is 11.6 Å². The number of amides is 2. The Balaban J connectivity index is 2.44.